The molecule has 0 N–H and O–H groups in total. The van der Waals surface area contributed by atoms with Crippen molar-refractivity contribution in [2.45, 2.75) is 24.6 Å². The number of halogens is 3. The molecule has 0 amide bonds. The van der Waals surface area contributed by atoms with E-state index >= 15 is 0 Å². The van der Waals surface area contributed by atoms with Crippen molar-refractivity contribution in [3.8, 4) is 0 Å². The summed E-state index contributed by atoms with van der Waals surface area (Å²) in [6, 6.07) is 0. The van der Waals surface area contributed by atoms with E-state index in [9.17, 15) is 18.4 Å². The fourth-order valence-electron chi connectivity index (χ4n) is 0.438. The number of carbonyl (C=O) groups is 2. The first-order valence-corrected chi connectivity index (χ1v) is 3.41. The predicted molar refractivity (Wildman–Crippen MR) is 36.0 cm³/mol. The lowest BCUT2D eigenvalue weighted by molar-refractivity contribution is -0.143. The fraction of sp³-hybridized carbons (Fsp3) is 0.667. The summed E-state index contributed by atoms with van der Waals surface area (Å²) in [6.45, 7) is 1.15. The van der Waals surface area contributed by atoms with E-state index < -0.39 is 23.5 Å². The molecule has 0 aromatic rings. The van der Waals surface area contributed by atoms with Gasteiger partial charge in [-0.25, -0.2) is 0 Å². The lowest BCUT2D eigenvalue weighted by Gasteiger charge is -2.12. The summed E-state index contributed by atoms with van der Waals surface area (Å²) < 4.78 is 24.8. The quantitative estimate of drug-likeness (QED) is 0.376. The summed E-state index contributed by atoms with van der Waals surface area (Å²) in [6.07, 6.45) is -0.643. The van der Waals surface area contributed by atoms with Crippen molar-refractivity contribution in [3.05, 3.63) is 0 Å². The molecule has 1 unspecified atom stereocenters. The molecule has 0 aliphatic heterocycles. The summed E-state index contributed by atoms with van der Waals surface area (Å²) in [4.78, 5) is 20.3. The Labute approximate surface area is 67.5 Å². The molecule has 11 heavy (non-hydrogen) atoms. The zero-order chi connectivity index (χ0) is 9.07. The second-order valence-electron chi connectivity index (χ2n) is 1.96. The standard InChI is InChI=1S/C6H7ClF2O2/c1-2-6(8,9)5(11)4(7)3-10/h3-4H,2H2,1H3. The summed E-state index contributed by atoms with van der Waals surface area (Å²) in [5.74, 6) is -5.01. The number of hydrogen-bond acceptors (Lipinski definition) is 2. The number of alkyl halides is 3. The molecule has 1 atom stereocenters. The van der Waals surface area contributed by atoms with Gasteiger partial charge in [-0.1, -0.05) is 6.92 Å². The molecular weight excluding hydrogens is 178 g/mol. The summed E-state index contributed by atoms with van der Waals surface area (Å²) >= 11 is 4.98. The van der Waals surface area contributed by atoms with Crippen molar-refractivity contribution in [2.75, 3.05) is 0 Å². The van der Waals surface area contributed by atoms with Crippen LogP contribution < -0.4 is 0 Å². The van der Waals surface area contributed by atoms with Crippen molar-refractivity contribution in [3.63, 3.8) is 0 Å². The second-order valence-corrected chi connectivity index (χ2v) is 2.43. The van der Waals surface area contributed by atoms with Crippen molar-refractivity contribution in [1.82, 2.24) is 0 Å². The molecule has 0 aliphatic rings. The van der Waals surface area contributed by atoms with Crippen LogP contribution in [0.1, 0.15) is 13.3 Å². The normalized spacial score (nSPS) is 14.2. The van der Waals surface area contributed by atoms with E-state index in [0.717, 1.165) is 6.92 Å². The Bertz CT molecular complexity index is 170. The van der Waals surface area contributed by atoms with Crippen molar-refractivity contribution >= 4 is 23.7 Å². The molecular formula is C6H7ClF2O2. The molecule has 0 saturated heterocycles. The van der Waals surface area contributed by atoms with Crippen LogP contribution in [0.15, 0.2) is 0 Å². The van der Waals surface area contributed by atoms with Gasteiger partial charge in [0.15, 0.2) is 5.38 Å². The predicted octanol–water partition coefficient (Wildman–Crippen LogP) is 1.41. The number of rotatable bonds is 4. The first-order chi connectivity index (χ1) is 4.95. The van der Waals surface area contributed by atoms with Gasteiger partial charge < -0.3 is 4.79 Å². The van der Waals surface area contributed by atoms with E-state index in [4.69, 9.17) is 11.6 Å². The molecule has 0 aromatic carbocycles. The Morgan fingerprint density at radius 1 is 1.73 bits per heavy atom. The van der Waals surface area contributed by atoms with E-state index in [1.807, 2.05) is 0 Å². The SMILES string of the molecule is CCC(F)(F)C(=O)C(Cl)C=O. The summed E-state index contributed by atoms with van der Waals surface area (Å²) in [5, 5.41) is -1.73. The second kappa shape index (κ2) is 3.76. The third-order valence-corrected chi connectivity index (χ3v) is 1.48. The average molecular weight is 185 g/mol. The average Bonchev–Trinajstić information content (AvgIpc) is 2.01. The fourth-order valence-corrected chi connectivity index (χ4v) is 0.597. The lowest BCUT2D eigenvalue weighted by Crippen LogP contribution is -2.35. The van der Waals surface area contributed by atoms with E-state index in [1.165, 1.54) is 0 Å². The molecule has 0 fully saturated rings. The van der Waals surface area contributed by atoms with Crippen LogP contribution in [0.4, 0.5) is 8.78 Å². The highest BCUT2D eigenvalue weighted by Gasteiger charge is 2.40. The molecule has 5 heteroatoms. The van der Waals surface area contributed by atoms with Gasteiger partial charge in [-0.05, 0) is 0 Å². The molecule has 0 rings (SSSR count). The molecule has 2 nitrogen and oxygen atoms in total. The molecule has 0 bridgehead atoms. The maximum atomic E-state index is 12.4. The molecule has 0 aromatic heterocycles. The Morgan fingerprint density at radius 3 is 2.45 bits per heavy atom. The maximum Gasteiger partial charge on any atom is 0.306 e. The van der Waals surface area contributed by atoms with E-state index in [2.05, 4.69) is 0 Å². The Balaban J connectivity index is 4.34. The van der Waals surface area contributed by atoms with Crippen LogP contribution >= 0.6 is 11.6 Å². The Hall–Kier alpha value is -0.510. The Morgan fingerprint density at radius 2 is 2.18 bits per heavy atom. The number of Topliss-reactive ketones (excluding diaryl/α,β-unsaturated/α-hetero) is 1. The largest absolute Gasteiger partial charge is 0.306 e. The van der Waals surface area contributed by atoms with Crippen LogP contribution in [0.25, 0.3) is 0 Å². The zero-order valence-electron chi connectivity index (χ0n) is 5.81. The maximum absolute atomic E-state index is 12.4. The van der Waals surface area contributed by atoms with Gasteiger partial charge in [-0.15, -0.1) is 11.6 Å². The highest BCUT2D eigenvalue weighted by molar-refractivity contribution is 6.39. The number of hydrogen-bond donors (Lipinski definition) is 0. The number of ketones is 1. The van der Waals surface area contributed by atoms with Crippen LogP contribution in [0, 0.1) is 0 Å². The van der Waals surface area contributed by atoms with Crippen molar-refractivity contribution in [2.24, 2.45) is 0 Å². The molecule has 0 radical (unpaired) electrons. The van der Waals surface area contributed by atoms with Crippen LogP contribution in [-0.2, 0) is 9.59 Å². The summed E-state index contributed by atoms with van der Waals surface area (Å²) in [5.41, 5.74) is 0. The highest BCUT2D eigenvalue weighted by atomic mass is 35.5. The van der Waals surface area contributed by atoms with E-state index in [1.54, 1.807) is 0 Å². The minimum atomic E-state index is -3.48. The monoisotopic (exact) mass is 184 g/mol. The first kappa shape index (κ1) is 10.5. The van der Waals surface area contributed by atoms with Gasteiger partial charge in [-0.3, -0.25) is 4.79 Å². The minimum Gasteiger partial charge on any atom is -0.301 e. The van der Waals surface area contributed by atoms with Gasteiger partial charge in [0.25, 0.3) is 0 Å². The van der Waals surface area contributed by atoms with Gasteiger partial charge in [0.2, 0.25) is 5.78 Å². The van der Waals surface area contributed by atoms with Crippen LogP contribution in [0.3, 0.4) is 0 Å². The third-order valence-electron chi connectivity index (χ3n) is 1.17. The van der Waals surface area contributed by atoms with Gasteiger partial charge in [-0.2, -0.15) is 8.78 Å². The molecule has 0 aliphatic carbocycles. The van der Waals surface area contributed by atoms with Crippen LogP contribution in [0.2, 0.25) is 0 Å². The molecule has 0 spiro atoms. The molecule has 0 heterocycles. The van der Waals surface area contributed by atoms with Crippen molar-refractivity contribution in [1.29, 1.82) is 0 Å². The number of aldehydes is 1. The minimum absolute atomic E-state index is 0.00649. The van der Waals surface area contributed by atoms with E-state index in [-0.39, 0.29) is 6.29 Å². The molecule has 64 valence electrons. The Kier molecular flexibility index (Phi) is 3.58. The van der Waals surface area contributed by atoms with Gasteiger partial charge in [0, 0.05) is 6.42 Å². The van der Waals surface area contributed by atoms with Crippen LogP contribution in [-0.4, -0.2) is 23.4 Å². The van der Waals surface area contributed by atoms with Crippen molar-refractivity contribution < 1.29 is 18.4 Å². The first-order valence-electron chi connectivity index (χ1n) is 2.97. The van der Waals surface area contributed by atoms with Gasteiger partial charge in [0.05, 0.1) is 0 Å². The topological polar surface area (TPSA) is 34.1 Å². The van der Waals surface area contributed by atoms with E-state index in [0.29, 0.717) is 0 Å². The third kappa shape index (κ3) is 2.54. The van der Waals surface area contributed by atoms with Gasteiger partial charge >= 0.3 is 5.92 Å². The highest BCUT2D eigenvalue weighted by Crippen LogP contribution is 2.21. The zero-order valence-corrected chi connectivity index (χ0v) is 6.57. The smallest absolute Gasteiger partial charge is 0.301 e. The van der Waals surface area contributed by atoms with Crippen LogP contribution in [0.5, 0.6) is 0 Å². The summed E-state index contributed by atoms with van der Waals surface area (Å²) in [7, 11) is 0. The number of carbonyl (C=O) groups excluding carboxylic acids is 2. The molecule has 0 saturated carbocycles. The van der Waals surface area contributed by atoms with Gasteiger partial charge in [0.1, 0.15) is 6.29 Å². The lowest BCUT2D eigenvalue weighted by atomic mass is 10.1.